The Bertz CT molecular complexity index is 193. The van der Waals surface area contributed by atoms with Crippen LogP contribution in [0.1, 0.15) is 0 Å². The topological polar surface area (TPSA) is 44.4 Å². The summed E-state index contributed by atoms with van der Waals surface area (Å²) < 4.78 is 0. The lowest BCUT2D eigenvalue weighted by atomic mass is 10.2. The highest BCUT2D eigenvalue weighted by Gasteiger charge is 2.22. The van der Waals surface area contributed by atoms with Gasteiger partial charge < -0.3 is 10.6 Å². The average Bonchev–Trinajstić information content (AvgIpc) is 2.04. The summed E-state index contributed by atoms with van der Waals surface area (Å²) in [4.78, 5) is 13.3. The zero-order chi connectivity index (χ0) is 9.68. The van der Waals surface area contributed by atoms with E-state index in [1.807, 2.05) is 13.1 Å². The van der Waals surface area contributed by atoms with Gasteiger partial charge in [-0.1, -0.05) is 6.08 Å². The summed E-state index contributed by atoms with van der Waals surface area (Å²) in [5.74, 6) is 0.105. The van der Waals surface area contributed by atoms with Gasteiger partial charge in [0.05, 0.1) is 12.6 Å². The van der Waals surface area contributed by atoms with Crippen LogP contribution < -0.4 is 10.6 Å². The Morgan fingerprint density at radius 1 is 1.85 bits per heavy atom. The molecule has 0 saturated carbocycles. The highest BCUT2D eigenvalue weighted by molar-refractivity contribution is 5.79. The third-order valence-electron chi connectivity index (χ3n) is 2.05. The molecule has 0 aromatic rings. The number of nitrogens with one attached hydrogen (secondary N) is 2. The molecule has 1 aliphatic rings. The number of hydrogen-bond donors (Lipinski definition) is 2. The van der Waals surface area contributed by atoms with Gasteiger partial charge >= 0.3 is 0 Å². The molecule has 13 heavy (non-hydrogen) atoms. The van der Waals surface area contributed by atoms with E-state index in [0.29, 0.717) is 6.54 Å². The predicted octanol–water partition coefficient (Wildman–Crippen LogP) is -0.808. The van der Waals surface area contributed by atoms with Crippen molar-refractivity contribution in [3.8, 4) is 0 Å². The van der Waals surface area contributed by atoms with E-state index in [1.54, 1.807) is 0 Å². The third kappa shape index (κ3) is 3.16. The van der Waals surface area contributed by atoms with Crippen LogP contribution in [0, 0.1) is 0 Å². The van der Waals surface area contributed by atoms with Crippen LogP contribution in [-0.2, 0) is 4.79 Å². The monoisotopic (exact) mass is 183 g/mol. The molecule has 4 heteroatoms. The molecular formula is C9H17N3O. The fourth-order valence-electron chi connectivity index (χ4n) is 1.58. The van der Waals surface area contributed by atoms with Gasteiger partial charge in [0, 0.05) is 19.6 Å². The number of likely N-dealkylation sites (N-methyl/N-ethyl adjacent to an activating group) is 1. The lowest BCUT2D eigenvalue weighted by Crippen LogP contribution is -2.56. The molecule has 0 radical (unpaired) electrons. The molecule has 1 atom stereocenters. The van der Waals surface area contributed by atoms with Gasteiger partial charge in [-0.3, -0.25) is 9.69 Å². The first-order valence-electron chi connectivity index (χ1n) is 4.53. The number of nitrogens with zero attached hydrogens (tertiary/aromatic N) is 1. The van der Waals surface area contributed by atoms with Gasteiger partial charge in [0.15, 0.2) is 0 Å². The molecule has 1 unspecified atom stereocenters. The Labute approximate surface area is 79.0 Å². The van der Waals surface area contributed by atoms with Crippen LogP contribution in [-0.4, -0.2) is 50.1 Å². The van der Waals surface area contributed by atoms with Crippen molar-refractivity contribution in [3.05, 3.63) is 12.7 Å². The number of hydrogen-bond acceptors (Lipinski definition) is 3. The largest absolute Gasteiger partial charge is 0.350 e. The molecule has 74 valence electrons. The SMILES string of the molecule is C=CCN1CC(=O)NC(CNC)C1. The quantitative estimate of drug-likeness (QED) is 0.560. The summed E-state index contributed by atoms with van der Waals surface area (Å²) in [6.45, 7) is 6.66. The van der Waals surface area contributed by atoms with E-state index in [9.17, 15) is 4.79 Å². The lowest BCUT2D eigenvalue weighted by molar-refractivity contribution is -0.125. The fraction of sp³-hybridized carbons (Fsp3) is 0.667. The molecular weight excluding hydrogens is 166 g/mol. The standard InChI is InChI=1S/C9H17N3O/c1-3-4-12-6-8(5-10-2)11-9(13)7-12/h3,8,10H,1,4-7H2,2H3,(H,11,13). The molecule has 2 N–H and O–H groups in total. The van der Waals surface area contributed by atoms with Gasteiger partial charge in [0.2, 0.25) is 5.91 Å². The van der Waals surface area contributed by atoms with Crippen LogP contribution in [0.25, 0.3) is 0 Å². The van der Waals surface area contributed by atoms with Gasteiger partial charge in [0.1, 0.15) is 0 Å². The highest BCUT2D eigenvalue weighted by atomic mass is 16.2. The minimum Gasteiger partial charge on any atom is -0.350 e. The Morgan fingerprint density at radius 3 is 3.23 bits per heavy atom. The number of carbonyl (C=O) groups excluding carboxylic acids is 1. The van der Waals surface area contributed by atoms with Crippen molar-refractivity contribution in [2.75, 3.05) is 33.2 Å². The molecule has 1 heterocycles. The molecule has 1 amide bonds. The van der Waals surface area contributed by atoms with E-state index in [-0.39, 0.29) is 11.9 Å². The molecule has 1 rings (SSSR count). The van der Waals surface area contributed by atoms with Crippen LogP contribution in [0.5, 0.6) is 0 Å². The Balaban J connectivity index is 2.42. The van der Waals surface area contributed by atoms with Crippen LogP contribution in [0.4, 0.5) is 0 Å². The summed E-state index contributed by atoms with van der Waals surface area (Å²) >= 11 is 0. The maximum absolute atomic E-state index is 11.2. The summed E-state index contributed by atoms with van der Waals surface area (Å²) in [5, 5.41) is 5.98. The van der Waals surface area contributed by atoms with Crippen LogP contribution in [0.2, 0.25) is 0 Å². The van der Waals surface area contributed by atoms with Gasteiger partial charge in [-0.2, -0.15) is 0 Å². The summed E-state index contributed by atoms with van der Waals surface area (Å²) in [6.07, 6.45) is 1.83. The predicted molar refractivity (Wildman–Crippen MR) is 52.5 cm³/mol. The van der Waals surface area contributed by atoms with Crippen molar-refractivity contribution in [2.24, 2.45) is 0 Å². The molecule has 1 fully saturated rings. The highest BCUT2D eigenvalue weighted by Crippen LogP contribution is 1.98. The molecule has 4 nitrogen and oxygen atoms in total. The number of carbonyl (C=O) groups is 1. The summed E-state index contributed by atoms with van der Waals surface area (Å²) in [7, 11) is 1.89. The minimum absolute atomic E-state index is 0.105. The van der Waals surface area contributed by atoms with Crippen molar-refractivity contribution in [1.29, 1.82) is 0 Å². The zero-order valence-electron chi connectivity index (χ0n) is 8.05. The maximum Gasteiger partial charge on any atom is 0.234 e. The number of amides is 1. The molecule has 0 aromatic carbocycles. The third-order valence-corrected chi connectivity index (χ3v) is 2.05. The summed E-state index contributed by atoms with van der Waals surface area (Å²) in [5.41, 5.74) is 0. The molecule has 0 bridgehead atoms. The van der Waals surface area contributed by atoms with Crippen LogP contribution >= 0.6 is 0 Å². The Morgan fingerprint density at radius 2 is 2.62 bits per heavy atom. The molecule has 1 saturated heterocycles. The van der Waals surface area contributed by atoms with Gasteiger partial charge in [-0.15, -0.1) is 6.58 Å². The van der Waals surface area contributed by atoms with Crippen LogP contribution in [0.3, 0.4) is 0 Å². The summed E-state index contributed by atoms with van der Waals surface area (Å²) in [6, 6.07) is 0.228. The maximum atomic E-state index is 11.2. The van der Waals surface area contributed by atoms with Crippen molar-refractivity contribution in [1.82, 2.24) is 15.5 Å². The van der Waals surface area contributed by atoms with Crippen molar-refractivity contribution in [2.45, 2.75) is 6.04 Å². The smallest absolute Gasteiger partial charge is 0.234 e. The first-order chi connectivity index (χ1) is 6.26. The van der Waals surface area contributed by atoms with Gasteiger partial charge in [0.25, 0.3) is 0 Å². The second kappa shape index (κ2) is 4.99. The van der Waals surface area contributed by atoms with E-state index < -0.39 is 0 Å². The minimum atomic E-state index is 0.105. The molecule has 0 aromatic heterocycles. The van der Waals surface area contributed by atoms with Crippen LogP contribution in [0.15, 0.2) is 12.7 Å². The first kappa shape index (κ1) is 10.2. The molecule has 1 aliphatic heterocycles. The Kier molecular flexibility index (Phi) is 3.92. The van der Waals surface area contributed by atoms with E-state index in [4.69, 9.17) is 0 Å². The van der Waals surface area contributed by atoms with Gasteiger partial charge in [-0.05, 0) is 7.05 Å². The fourth-order valence-corrected chi connectivity index (χ4v) is 1.58. The Hall–Kier alpha value is -0.870. The number of rotatable bonds is 4. The second-order valence-electron chi connectivity index (χ2n) is 3.30. The van der Waals surface area contributed by atoms with E-state index in [0.717, 1.165) is 19.6 Å². The van der Waals surface area contributed by atoms with Crippen molar-refractivity contribution < 1.29 is 4.79 Å². The van der Waals surface area contributed by atoms with E-state index >= 15 is 0 Å². The second-order valence-corrected chi connectivity index (χ2v) is 3.30. The van der Waals surface area contributed by atoms with Crippen molar-refractivity contribution in [3.63, 3.8) is 0 Å². The number of piperazine rings is 1. The lowest BCUT2D eigenvalue weighted by Gasteiger charge is -2.32. The average molecular weight is 183 g/mol. The van der Waals surface area contributed by atoms with E-state index in [1.165, 1.54) is 0 Å². The normalized spacial score (nSPS) is 24.1. The molecule has 0 aliphatic carbocycles. The van der Waals surface area contributed by atoms with Gasteiger partial charge in [-0.25, -0.2) is 0 Å². The van der Waals surface area contributed by atoms with E-state index in [2.05, 4.69) is 22.1 Å². The van der Waals surface area contributed by atoms with Crippen molar-refractivity contribution >= 4 is 5.91 Å². The first-order valence-corrected chi connectivity index (χ1v) is 4.53. The zero-order valence-corrected chi connectivity index (χ0v) is 8.05. The molecule has 0 spiro atoms.